The van der Waals surface area contributed by atoms with E-state index in [2.05, 4.69) is 15.5 Å². The molecule has 0 fully saturated rings. The van der Waals surface area contributed by atoms with E-state index in [4.69, 9.17) is 0 Å². The van der Waals surface area contributed by atoms with Crippen LogP contribution in [-0.4, -0.2) is 20.7 Å². The van der Waals surface area contributed by atoms with Gasteiger partial charge in [-0.2, -0.15) is 0 Å². The molecule has 6 nitrogen and oxygen atoms in total. The van der Waals surface area contributed by atoms with E-state index in [-0.39, 0.29) is 23.9 Å². The topological polar surface area (TPSA) is 76.9 Å². The maximum Gasteiger partial charge on any atom is 0.251 e. The molecule has 2 rings (SSSR count). The highest BCUT2D eigenvalue weighted by Crippen LogP contribution is 2.22. The second-order valence-corrected chi connectivity index (χ2v) is 5.83. The predicted molar refractivity (Wildman–Crippen MR) is 78.1 cm³/mol. The molecule has 0 spiro atoms. The lowest BCUT2D eigenvalue weighted by Crippen LogP contribution is -2.26. The van der Waals surface area contributed by atoms with E-state index in [9.17, 15) is 9.59 Å². The standard InChI is InChI=1S/C13H16N4O2S/c1-8(2)12-15-16-13(20-12)14-10(18)7-17-6-9(3)4-5-11(17)19/h4-6,8H,7H2,1-3H3,(H,14,16,18). The molecule has 106 valence electrons. The number of aromatic nitrogens is 3. The Labute approximate surface area is 120 Å². The fourth-order valence-corrected chi connectivity index (χ4v) is 2.37. The Morgan fingerprint density at radius 1 is 1.40 bits per heavy atom. The Morgan fingerprint density at radius 3 is 2.80 bits per heavy atom. The average molecular weight is 292 g/mol. The second kappa shape index (κ2) is 5.96. The van der Waals surface area contributed by atoms with Gasteiger partial charge in [0.2, 0.25) is 11.0 Å². The Bertz CT molecular complexity index is 675. The summed E-state index contributed by atoms with van der Waals surface area (Å²) in [5.41, 5.74) is 0.723. The van der Waals surface area contributed by atoms with Gasteiger partial charge in [0.1, 0.15) is 11.6 Å². The van der Waals surface area contributed by atoms with Gasteiger partial charge in [-0.1, -0.05) is 31.3 Å². The number of nitrogens with zero attached hydrogens (tertiary/aromatic N) is 3. The molecule has 0 aliphatic heterocycles. The van der Waals surface area contributed by atoms with E-state index in [0.717, 1.165) is 10.6 Å². The molecule has 0 radical (unpaired) electrons. The third-order valence-electron chi connectivity index (χ3n) is 2.63. The highest BCUT2D eigenvalue weighted by Gasteiger charge is 2.11. The Balaban J connectivity index is 2.05. The minimum absolute atomic E-state index is 0.0306. The van der Waals surface area contributed by atoms with Crippen molar-refractivity contribution >= 4 is 22.4 Å². The number of rotatable bonds is 4. The van der Waals surface area contributed by atoms with Crippen LogP contribution in [0.5, 0.6) is 0 Å². The lowest BCUT2D eigenvalue weighted by molar-refractivity contribution is -0.116. The Hall–Kier alpha value is -2.02. The molecule has 0 atom stereocenters. The van der Waals surface area contributed by atoms with Crippen molar-refractivity contribution < 1.29 is 4.79 Å². The minimum atomic E-state index is -0.288. The van der Waals surface area contributed by atoms with Crippen LogP contribution in [0.1, 0.15) is 30.3 Å². The highest BCUT2D eigenvalue weighted by atomic mass is 32.1. The van der Waals surface area contributed by atoms with Crippen LogP contribution in [0.25, 0.3) is 0 Å². The van der Waals surface area contributed by atoms with E-state index < -0.39 is 0 Å². The summed E-state index contributed by atoms with van der Waals surface area (Å²) in [5, 5.41) is 11.9. The van der Waals surface area contributed by atoms with Gasteiger partial charge < -0.3 is 4.57 Å². The predicted octanol–water partition coefficient (Wildman–Crippen LogP) is 1.77. The lowest BCUT2D eigenvalue weighted by Gasteiger charge is -2.05. The molecule has 0 aliphatic carbocycles. The summed E-state index contributed by atoms with van der Waals surface area (Å²) in [6.07, 6.45) is 1.65. The number of amides is 1. The molecule has 0 aromatic carbocycles. The molecule has 7 heteroatoms. The van der Waals surface area contributed by atoms with Gasteiger partial charge in [0.05, 0.1) is 0 Å². The van der Waals surface area contributed by atoms with E-state index in [1.54, 1.807) is 12.3 Å². The Kier molecular flexibility index (Phi) is 4.29. The summed E-state index contributed by atoms with van der Waals surface area (Å²) in [4.78, 5) is 23.5. The molecule has 20 heavy (non-hydrogen) atoms. The Morgan fingerprint density at radius 2 is 2.15 bits per heavy atom. The largest absolute Gasteiger partial charge is 0.306 e. The fourth-order valence-electron chi connectivity index (χ4n) is 1.61. The molecule has 0 saturated heterocycles. The first-order chi connectivity index (χ1) is 9.45. The third-order valence-corrected chi connectivity index (χ3v) is 3.77. The van der Waals surface area contributed by atoms with Crippen molar-refractivity contribution in [3.05, 3.63) is 39.3 Å². The number of hydrogen-bond acceptors (Lipinski definition) is 5. The van der Waals surface area contributed by atoms with Gasteiger partial charge in [0, 0.05) is 18.2 Å². The van der Waals surface area contributed by atoms with Gasteiger partial charge >= 0.3 is 0 Å². The summed E-state index contributed by atoms with van der Waals surface area (Å²) in [6.45, 7) is 5.86. The normalized spacial score (nSPS) is 10.8. The third kappa shape index (κ3) is 3.51. The summed E-state index contributed by atoms with van der Waals surface area (Å²) < 4.78 is 1.37. The van der Waals surface area contributed by atoms with Crippen LogP contribution in [0.4, 0.5) is 5.13 Å². The molecule has 0 bridgehead atoms. The van der Waals surface area contributed by atoms with E-state index in [1.165, 1.54) is 22.0 Å². The average Bonchev–Trinajstić information content (AvgIpc) is 2.82. The quantitative estimate of drug-likeness (QED) is 0.931. The first-order valence-corrected chi connectivity index (χ1v) is 7.07. The van der Waals surface area contributed by atoms with Gasteiger partial charge in [0.25, 0.3) is 5.56 Å². The van der Waals surface area contributed by atoms with Gasteiger partial charge in [-0.05, 0) is 12.5 Å². The van der Waals surface area contributed by atoms with Crippen molar-refractivity contribution in [2.45, 2.75) is 33.2 Å². The maximum absolute atomic E-state index is 11.9. The van der Waals surface area contributed by atoms with Crippen molar-refractivity contribution in [1.29, 1.82) is 0 Å². The summed E-state index contributed by atoms with van der Waals surface area (Å²) >= 11 is 1.35. The van der Waals surface area contributed by atoms with Crippen LogP contribution in [0.15, 0.2) is 23.1 Å². The molecule has 0 aliphatic rings. The van der Waals surface area contributed by atoms with Crippen molar-refractivity contribution in [1.82, 2.24) is 14.8 Å². The van der Waals surface area contributed by atoms with Crippen molar-refractivity contribution in [2.75, 3.05) is 5.32 Å². The molecular formula is C13H16N4O2S. The molecule has 0 unspecified atom stereocenters. The van der Waals surface area contributed by atoms with E-state index in [1.807, 2.05) is 20.8 Å². The van der Waals surface area contributed by atoms with Crippen LogP contribution in [0.2, 0.25) is 0 Å². The monoisotopic (exact) mass is 292 g/mol. The number of carbonyl (C=O) groups excluding carboxylic acids is 1. The second-order valence-electron chi connectivity index (χ2n) is 4.82. The zero-order chi connectivity index (χ0) is 14.7. The van der Waals surface area contributed by atoms with Gasteiger partial charge in [-0.25, -0.2) is 0 Å². The molecule has 1 amide bonds. The first kappa shape index (κ1) is 14.4. The molecule has 2 aromatic rings. The first-order valence-electron chi connectivity index (χ1n) is 6.26. The highest BCUT2D eigenvalue weighted by molar-refractivity contribution is 7.15. The van der Waals surface area contributed by atoms with E-state index in [0.29, 0.717) is 5.13 Å². The SMILES string of the molecule is Cc1ccc(=O)n(CC(=O)Nc2nnc(C(C)C)s2)c1. The summed E-state index contributed by atoms with van der Waals surface area (Å²) in [7, 11) is 0. The number of hydrogen-bond donors (Lipinski definition) is 1. The van der Waals surface area contributed by atoms with Crippen LogP contribution in [-0.2, 0) is 11.3 Å². The zero-order valence-electron chi connectivity index (χ0n) is 11.6. The summed E-state index contributed by atoms with van der Waals surface area (Å²) in [6, 6.07) is 3.17. The molecule has 2 heterocycles. The smallest absolute Gasteiger partial charge is 0.251 e. The summed E-state index contributed by atoms with van der Waals surface area (Å²) in [5.74, 6) is -0.0123. The number of anilines is 1. The van der Waals surface area contributed by atoms with Crippen molar-refractivity contribution in [3.63, 3.8) is 0 Å². The molecular weight excluding hydrogens is 276 g/mol. The van der Waals surface area contributed by atoms with Crippen LogP contribution < -0.4 is 10.9 Å². The minimum Gasteiger partial charge on any atom is -0.306 e. The van der Waals surface area contributed by atoms with Crippen LogP contribution >= 0.6 is 11.3 Å². The molecule has 2 aromatic heterocycles. The fraction of sp³-hybridized carbons (Fsp3) is 0.385. The van der Waals surface area contributed by atoms with Crippen LogP contribution in [0, 0.1) is 6.92 Å². The number of carbonyl (C=O) groups is 1. The van der Waals surface area contributed by atoms with Crippen molar-refractivity contribution in [2.24, 2.45) is 0 Å². The number of nitrogens with one attached hydrogen (secondary N) is 1. The number of aryl methyl sites for hydroxylation is 1. The van der Waals surface area contributed by atoms with Gasteiger partial charge in [-0.3, -0.25) is 14.9 Å². The molecule has 1 N–H and O–H groups in total. The maximum atomic E-state index is 11.9. The van der Waals surface area contributed by atoms with Crippen LogP contribution in [0.3, 0.4) is 0 Å². The van der Waals surface area contributed by atoms with E-state index >= 15 is 0 Å². The molecule has 0 saturated carbocycles. The van der Waals surface area contributed by atoms with Gasteiger partial charge in [0.15, 0.2) is 0 Å². The lowest BCUT2D eigenvalue weighted by atomic mass is 10.2. The van der Waals surface area contributed by atoms with Crippen molar-refractivity contribution in [3.8, 4) is 0 Å². The number of pyridine rings is 1. The zero-order valence-corrected chi connectivity index (χ0v) is 12.4. The van der Waals surface area contributed by atoms with Gasteiger partial charge in [-0.15, -0.1) is 10.2 Å².